The van der Waals surface area contributed by atoms with Crippen LogP contribution in [0, 0.1) is 11.6 Å². The standard InChI is InChI=1S/C9H6F5NO5S/c10-5-1-4(8(16)17)2-6(7(5)11)21(18,19)15-20-3-9(12,13)14/h1-2,15H,3H2,(H,16,17). The van der Waals surface area contributed by atoms with Gasteiger partial charge in [-0.2, -0.15) is 13.2 Å². The highest BCUT2D eigenvalue weighted by atomic mass is 32.2. The predicted molar refractivity (Wildman–Crippen MR) is 55.6 cm³/mol. The van der Waals surface area contributed by atoms with E-state index in [0.717, 1.165) is 4.89 Å². The molecule has 0 atom stereocenters. The van der Waals surface area contributed by atoms with Gasteiger partial charge in [0, 0.05) is 0 Å². The van der Waals surface area contributed by atoms with E-state index in [1.54, 1.807) is 0 Å². The first-order valence-electron chi connectivity index (χ1n) is 4.87. The number of hydrogen-bond acceptors (Lipinski definition) is 4. The van der Waals surface area contributed by atoms with E-state index in [9.17, 15) is 35.2 Å². The van der Waals surface area contributed by atoms with Gasteiger partial charge in [0.1, 0.15) is 4.90 Å². The van der Waals surface area contributed by atoms with E-state index in [1.165, 1.54) is 0 Å². The molecule has 118 valence electrons. The zero-order valence-electron chi connectivity index (χ0n) is 9.74. The fourth-order valence-corrected chi connectivity index (χ4v) is 2.04. The Hall–Kier alpha value is -1.79. The smallest absolute Gasteiger partial charge is 0.413 e. The van der Waals surface area contributed by atoms with Crippen molar-refractivity contribution < 1.29 is 45.1 Å². The number of alkyl halides is 3. The third-order valence-corrected chi connectivity index (χ3v) is 3.15. The van der Waals surface area contributed by atoms with Gasteiger partial charge in [0.25, 0.3) is 10.0 Å². The maximum absolute atomic E-state index is 13.3. The number of hydrogen-bond donors (Lipinski definition) is 2. The second-order valence-electron chi connectivity index (χ2n) is 3.57. The highest BCUT2D eigenvalue weighted by molar-refractivity contribution is 7.89. The molecule has 21 heavy (non-hydrogen) atoms. The highest BCUT2D eigenvalue weighted by Crippen LogP contribution is 2.20. The molecule has 0 amide bonds. The van der Waals surface area contributed by atoms with Gasteiger partial charge in [0.05, 0.1) is 5.56 Å². The minimum atomic E-state index is -5.04. The normalized spacial score (nSPS) is 12.4. The van der Waals surface area contributed by atoms with Crippen molar-refractivity contribution in [3.05, 3.63) is 29.3 Å². The van der Waals surface area contributed by atoms with Crippen LogP contribution in [0.5, 0.6) is 0 Å². The van der Waals surface area contributed by atoms with Gasteiger partial charge in [-0.3, -0.25) is 4.84 Å². The second kappa shape index (κ2) is 5.91. The minimum absolute atomic E-state index is 0.216. The van der Waals surface area contributed by atoms with Crippen molar-refractivity contribution in [2.45, 2.75) is 11.1 Å². The first-order valence-corrected chi connectivity index (χ1v) is 6.35. The summed E-state index contributed by atoms with van der Waals surface area (Å²) in [6.07, 6.45) is -4.87. The topological polar surface area (TPSA) is 92.7 Å². The maximum atomic E-state index is 13.3. The largest absolute Gasteiger partial charge is 0.478 e. The molecular formula is C9H6F5NO5S. The summed E-state index contributed by atoms with van der Waals surface area (Å²) >= 11 is 0. The fourth-order valence-electron chi connectivity index (χ4n) is 1.12. The molecule has 0 saturated heterocycles. The van der Waals surface area contributed by atoms with Crippen LogP contribution in [0.1, 0.15) is 10.4 Å². The summed E-state index contributed by atoms with van der Waals surface area (Å²) in [4.78, 5) is 13.6. The van der Waals surface area contributed by atoms with Crippen LogP contribution in [0.2, 0.25) is 0 Å². The molecule has 12 heteroatoms. The lowest BCUT2D eigenvalue weighted by atomic mass is 10.2. The molecule has 0 bridgehead atoms. The van der Waals surface area contributed by atoms with E-state index in [2.05, 4.69) is 4.84 Å². The molecule has 0 spiro atoms. The molecule has 0 aliphatic heterocycles. The molecule has 1 aromatic rings. The molecule has 2 N–H and O–H groups in total. The zero-order chi connectivity index (χ0) is 16.4. The number of carbonyl (C=O) groups is 1. The molecule has 1 rings (SSSR count). The molecule has 0 fully saturated rings. The van der Waals surface area contributed by atoms with Gasteiger partial charge < -0.3 is 5.11 Å². The molecule has 0 saturated carbocycles. The maximum Gasteiger partial charge on any atom is 0.413 e. The monoisotopic (exact) mass is 335 g/mol. The third-order valence-electron chi connectivity index (χ3n) is 1.94. The van der Waals surface area contributed by atoms with Crippen molar-refractivity contribution >= 4 is 16.0 Å². The lowest BCUT2D eigenvalue weighted by Gasteiger charge is -2.10. The average Bonchev–Trinajstić information content (AvgIpc) is 2.29. The fraction of sp³-hybridized carbons (Fsp3) is 0.222. The second-order valence-corrected chi connectivity index (χ2v) is 5.18. The Morgan fingerprint density at radius 3 is 2.33 bits per heavy atom. The molecule has 6 nitrogen and oxygen atoms in total. The van der Waals surface area contributed by atoms with E-state index in [4.69, 9.17) is 5.11 Å². The number of benzene rings is 1. The van der Waals surface area contributed by atoms with E-state index in [0.29, 0.717) is 0 Å². The zero-order valence-corrected chi connectivity index (χ0v) is 10.6. The number of rotatable bonds is 5. The van der Waals surface area contributed by atoms with E-state index < -0.39 is 50.9 Å². The predicted octanol–water partition coefficient (Wildman–Crippen LogP) is 1.44. The average molecular weight is 335 g/mol. The van der Waals surface area contributed by atoms with Crippen LogP contribution in [-0.4, -0.2) is 32.3 Å². The van der Waals surface area contributed by atoms with E-state index >= 15 is 0 Å². The molecule has 1 aromatic carbocycles. The number of carboxylic acids is 1. The van der Waals surface area contributed by atoms with Gasteiger partial charge in [-0.1, -0.05) is 4.89 Å². The van der Waals surface area contributed by atoms with Crippen molar-refractivity contribution in [1.29, 1.82) is 0 Å². The van der Waals surface area contributed by atoms with Crippen molar-refractivity contribution in [2.24, 2.45) is 0 Å². The Morgan fingerprint density at radius 1 is 1.29 bits per heavy atom. The van der Waals surface area contributed by atoms with Crippen molar-refractivity contribution in [1.82, 2.24) is 4.89 Å². The lowest BCUT2D eigenvalue weighted by Crippen LogP contribution is -2.30. The van der Waals surface area contributed by atoms with Crippen LogP contribution >= 0.6 is 0 Å². The van der Waals surface area contributed by atoms with E-state index in [1.807, 2.05) is 0 Å². The Labute approximate surface area is 114 Å². The third kappa shape index (κ3) is 4.61. The molecule has 0 aromatic heterocycles. The summed E-state index contributed by atoms with van der Waals surface area (Å²) in [6.45, 7) is -2.02. The van der Waals surface area contributed by atoms with Gasteiger partial charge >= 0.3 is 12.1 Å². The van der Waals surface area contributed by atoms with Crippen LogP contribution < -0.4 is 4.89 Å². The first-order chi connectivity index (χ1) is 9.44. The lowest BCUT2D eigenvalue weighted by molar-refractivity contribution is -0.181. The van der Waals surface area contributed by atoms with Crippen molar-refractivity contribution in [3.8, 4) is 0 Å². The number of aromatic carboxylic acids is 1. The quantitative estimate of drug-likeness (QED) is 0.627. The Balaban J connectivity index is 3.11. The molecular weight excluding hydrogens is 329 g/mol. The van der Waals surface area contributed by atoms with Gasteiger partial charge in [0.15, 0.2) is 18.2 Å². The first kappa shape index (κ1) is 17.3. The van der Waals surface area contributed by atoms with Crippen molar-refractivity contribution in [3.63, 3.8) is 0 Å². The molecule has 0 heterocycles. The SMILES string of the molecule is O=C(O)c1cc(F)c(F)c(S(=O)(=O)NOCC(F)(F)F)c1. The van der Waals surface area contributed by atoms with Gasteiger partial charge in [-0.25, -0.2) is 22.0 Å². The van der Waals surface area contributed by atoms with Crippen LogP contribution in [0.4, 0.5) is 22.0 Å². The Bertz CT molecular complexity index is 657. The number of carboxylic acid groups (broad SMARTS) is 1. The Kier molecular flexibility index (Phi) is 4.86. The highest BCUT2D eigenvalue weighted by Gasteiger charge is 2.30. The number of sulfonamides is 1. The van der Waals surface area contributed by atoms with Gasteiger partial charge in [0.2, 0.25) is 0 Å². The Morgan fingerprint density at radius 2 is 1.86 bits per heavy atom. The number of nitrogens with one attached hydrogen (secondary N) is 1. The van der Waals surface area contributed by atoms with E-state index in [-0.39, 0.29) is 12.1 Å². The van der Waals surface area contributed by atoms with Crippen LogP contribution in [0.15, 0.2) is 17.0 Å². The van der Waals surface area contributed by atoms with Gasteiger partial charge in [-0.05, 0) is 12.1 Å². The summed E-state index contributed by atoms with van der Waals surface area (Å²) in [5.74, 6) is -5.52. The summed E-state index contributed by atoms with van der Waals surface area (Å²) in [6, 6.07) is 0.452. The molecule has 0 unspecified atom stereocenters. The molecule has 0 aliphatic rings. The van der Waals surface area contributed by atoms with Crippen molar-refractivity contribution in [2.75, 3.05) is 6.61 Å². The van der Waals surface area contributed by atoms with Crippen LogP contribution in [-0.2, 0) is 14.9 Å². The summed E-state index contributed by atoms with van der Waals surface area (Å²) in [5.41, 5.74) is -0.912. The molecule has 0 aliphatic carbocycles. The summed E-state index contributed by atoms with van der Waals surface area (Å²) in [5, 5.41) is 8.59. The summed E-state index contributed by atoms with van der Waals surface area (Å²) < 4.78 is 84.7. The van der Waals surface area contributed by atoms with Crippen LogP contribution in [0.25, 0.3) is 0 Å². The molecule has 0 radical (unpaired) electrons. The summed E-state index contributed by atoms with van der Waals surface area (Å²) in [7, 11) is -5.04. The van der Waals surface area contributed by atoms with Gasteiger partial charge in [-0.15, -0.1) is 0 Å². The minimum Gasteiger partial charge on any atom is -0.478 e. The van der Waals surface area contributed by atoms with Crippen LogP contribution in [0.3, 0.4) is 0 Å². The number of halogens is 5.